The average molecular weight is 354 g/mol. The Bertz CT molecular complexity index is 634. The highest BCUT2D eigenvalue weighted by molar-refractivity contribution is 7.98. The predicted octanol–water partition coefficient (Wildman–Crippen LogP) is 5.04. The van der Waals surface area contributed by atoms with Crippen LogP contribution in [-0.2, 0) is 0 Å². The number of nitrogens with zero attached hydrogens (tertiary/aromatic N) is 1. The van der Waals surface area contributed by atoms with E-state index in [1.54, 1.807) is 23.5 Å². The minimum Gasteiger partial charge on any atom is -0.326 e. The van der Waals surface area contributed by atoms with Gasteiger partial charge in [0.2, 0.25) is 0 Å². The highest BCUT2D eigenvalue weighted by Gasteiger charge is 2.08. The van der Waals surface area contributed by atoms with Gasteiger partial charge >= 0.3 is 0 Å². The van der Waals surface area contributed by atoms with Crippen LogP contribution >= 0.6 is 35.9 Å². The summed E-state index contributed by atoms with van der Waals surface area (Å²) in [6, 6.07) is 16.3. The molecule has 0 bridgehead atoms. The molecular weight excluding hydrogens is 334 g/mol. The Kier molecular flexibility index (Phi) is 7.65. The lowest BCUT2D eigenvalue weighted by molar-refractivity contribution is 1.20. The first-order valence-electron chi connectivity index (χ1n) is 6.51. The average Bonchev–Trinajstić information content (AvgIpc) is 2.54. The van der Waals surface area contributed by atoms with Crippen LogP contribution in [0.25, 0.3) is 0 Å². The lowest BCUT2D eigenvalue weighted by Crippen LogP contribution is -2.31. The summed E-state index contributed by atoms with van der Waals surface area (Å²) in [4.78, 5) is 4.21. The Morgan fingerprint density at radius 1 is 1.00 bits per heavy atom. The molecule has 0 aliphatic heterocycles. The Morgan fingerprint density at radius 2 is 1.59 bits per heavy atom. The number of rotatable bonds is 4. The molecule has 0 saturated carbocycles. The van der Waals surface area contributed by atoms with Crippen molar-refractivity contribution in [2.24, 2.45) is 0 Å². The number of benzene rings is 2. The summed E-state index contributed by atoms with van der Waals surface area (Å²) in [5.41, 5.74) is 1.93. The molecule has 0 amide bonds. The van der Waals surface area contributed by atoms with Gasteiger partial charge in [-0.2, -0.15) is 0 Å². The molecule has 6 heteroatoms. The van der Waals surface area contributed by atoms with Gasteiger partial charge in [-0.3, -0.25) is 5.41 Å². The molecule has 2 aromatic rings. The van der Waals surface area contributed by atoms with Gasteiger partial charge in [-0.1, -0.05) is 12.1 Å². The summed E-state index contributed by atoms with van der Waals surface area (Å²) in [5.74, 6) is 0.353. The third-order valence-electron chi connectivity index (χ3n) is 3.11. The van der Waals surface area contributed by atoms with Crippen LogP contribution in [0.5, 0.6) is 0 Å². The van der Waals surface area contributed by atoms with Gasteiger partial charge in [-0.25, -0.2) is 0 Å². The number of nitrogens with one attached hydrogen (secondary N) is 2. The van der Waals surface area contributed by atoms with Crippen molar-refractivity contribution in [3.63, 3.8) is 0 Å². The van der Waals surface area contributed by atoms with Gasteiger partial charge in [0.05, 0.1) is 0 Å². The zero-order valence-corrected chi connectivity index (χ0v) is 15.2. The number of hydrogen-bond donors (Lipinski definition) is 2. The number of thioether (sulfide) groups is 2. The number of anilines is 2. The van der Waals surface area contributed by atoms with E-state index in [0.29, 0.717) is 5.96 Å². The maximum atomic E-state index is 8.23. The minimum atomic E-state index is 0. The molecule has 118 valence electrons. The second-order valence-electron chi connectivity index (χ2n) is 4.47. The molecule has 0 radical (unpaired) electrons. The van der Waals surface area contributed by atoms with Gasteiger partial charge in [0, 0.05) is 28.2 Å². The van der Waals surface area contributed by atoms with Gasteiger partial charge in [0.25, 0.3) is 0 Å². The van der Waals surface area contributed by atoms with Gasteiger partial charge in [-0.15, -0.1) is 35.9 Å². The van der Waals surface area contributed by atoms with Crippen LogP contribution in [0.3, 0.4) is 0 Å². The fraction of sp³-hybridized carbons (Fsp3) is 0.188. The van der Waals surface area contributed by atoms with E-state index in [-0.39, 0.29) is 12.4 Å². The lowest BCUT2D eigenvalue weighted by atomic mass is 10.3. The number of hydrogen-bond acceptors (Lipinski definition) is 3. The van der Waals surface area contributed by atoms with E-state index in [1.807, 2.05) is 48.5 Å². The van der Waals surface area contributed by atoms with Crippen molar-refractivity contribution < 1.29 is 0 Å². The molecule has 0 unspecified atom stereocenters. The van der Waals surface area contributed by atoms with Gasteiger partial charge in [0.1, 0.15) is 0 Å². The molecule has 0 spiro atoms. The zero-order chi connectivity index (χ0) is 15.2. The van der Waals surface area contributed by atoms with Crippen molar-refractivity contribution in [3.05, 3.63) is 48.5 Å². The number of guanidine groups is 1. The number of halogens is 1. The van der Waals surface area contributed by atoms with Gasteiger partial charge in [-0.05, 0) is 48.9 Å². The summed E-state index contributed by atoms with van der Waals surface area (Å²) in [7, 11) is 1.90. The highest BCUT2D eigenvalue weighted by atomic mass is 35.5. The van der Waals surface area contributed by atoms with E-state index in [1.165, 1.54) is 9.79 Å². The van der Waals surface area contributed by atoms with E-state index in [9.17, 15) is 0 Å². The highest BCUT2D eigenvalue weighted by Crippen LogP contribution is 2.23. The van der Waals surface area contributed by atoms with Crippen molar-refractivity contribution in [2.45, 2.75) is 9.79 Å². The lowest BCUT2D eigenvalue weighted by Gasteiger charge is -2.21. The van der Waals surface area contributed by atoms with E-state index >= 15 is 0 Å². The van der Waals surface area contributed by atoms with Crippen molar-refractivity contribution in [2.75, 3.05) is 29.8 Å². The molecule has 0 saturated heterocycles. The van der Waals surface area contributed by atoms with Gasteiger partial charge in [0.15, 0.2) is 5.96 Å². The second kappa shape index (κ2) is 8.98. The third kappa shape index (κ3) is 4.87. The molecule has 0 aliphatic carbocycles. The largest absolute Gasteiger partial charge is 0.326 e. The van der Waals surface area contributed by atoms with E-state index < -0.39 is 0 Å². The molecule has 2 aromatic carbocycles. The molecule has 0 fully saturated rings. The van der Waals surface area contributed by atoms with Gasteiger partial charge < -0.3 is 10.2 Å². The van der Waals surface area contributed by atoms with E-state index in [0.717, 1.165) is 11.4 Å². The Hall–Kier alpha value is -1.30. The molecule has 2 N–H and O–H groups in total. The SMILES string of the molecule is CSc1cccc(NC(=N)N(C)c2cccc(SC)c2)c1.Cl. The van der Waals surface area contributed by atoms with Crippen LogP contribution in [0.15, 0.2) is 58.3 Å². The van der Waals surface area contributed by atoms with Crippen LogP contribution in [0.1, 0.15) is 0 Å². The van der Waals surface area contributed by atoms with Crippen LogP contribution in [0.2, 0.25) is 0 Å². The molecule has 2 rings (SSSR count). The molecule has 3 nitrogen and oxygen atoms in total. The third-order valence-corrected chi connectivity index (χ3v) is 4.56. The first-order valence-corrected chi connectivity index (χ1v) is 8.96. The maximum absolute atomic E-state index is 8.23. The molecular formula is C16H20ClN3S2. The summed E-state index contributed by atoms with van der Waals surface area (Å²) in [5, 5.41) is 11.4. The Balaban J connectivity index is 0.00000242. The second-order valence-corrected chi connectivity index (χ2v) is 6.23. The predicted molar refractivity (Wildman–Crippen MR) is 103 cm³/mol. The fourth-order valence-corrected chi connectivity index (χ4v) is 2.78. The Morgan fingerprint density at radius 3 is 2.23 bits per heavy atom. The molecule has 0 atom stereocenters. The quantitative estimate of drug-likeness (QED) is 0.459. The smallest absolute Gasteiger partial charge is 0.199 e. The minimum absolute atomic E-state index is 0. The Labute approximate surface area is 146 Å². The summed E-state index contributed by atoms with van der Waals surface area (Å²) in [6.45, 7) is 0. The van der Waals surface area contributed by atoms with E-state index in [4.69, 9.17) is 5.41 Å². The molecule has 0 aliphatic rings. The van der Waals surface area contributed by atoms with Crippen molar-refractivity contribution in [1.82, 2.24) is 0 Å². The van der Waals surface area contributed by atoms with E-state index in [2.05, 4.69) is 29.8 Å². The van der Waals surface area contributed by atoms with Crippen molar-refractivity contribution in [1.29, 1.82) is 5.41 Å². The topological polar surface area (TPSA) is 39.1 Å². The van der Waals surface area contributed by atoms with Crippen LogP contribution in [-0.4, -0.2) is 25.5 Å². The van der Waals surface area contributed by atoms with Crippen LogP contribution in [0.4, 0.5) is 11.4 Å². The normalized spacial score (nSPS) is 9.77. The molecule has 22 heavy (non-hydrogen) atoms. The van der Waals surface area contributed by atoms with Crippen LogP contribution < -0.4 is 10.2 Å². The summed E-state index contributed by atoms with van der Waals surface area (Å²) < 4.78 is 0. The van der Waals surface area contributed by atoms with Crippen LogP contribution in [0, 0.1) is 5.41 Å². The first-order chi connectivity index (χ1) is 10.1. The summed E-state index contributed by atoms with van der Waals surface area (Å²) >= 11 is 3.39. The molecule has 0 aromatic heterocycles. The monoisotopic (exact) mass is 353 g/mol. The molecule has 0 heterocycles. The van der Waals surface area contributed by atoms with Crippen molar-refractivity contribution >= 4 is 53.3 Å². The zero-order valence-electron chi connectivity index (χ0n) is 12.8. The standard InChI is InChI=1S/C16H19N3S2.ClH/c1-19(13-7-5-9-15(11-13)21-3)16(17)18-12-6-4-8-14(10-12)20-2;/h4-11H,1-3H3,(H2,17,18);1H. The maximum Gasteiger partial charge on any atom is 0.199 e. The van der Waals surface area contributed by atoms with Crippen molar-refractivity contribution in [3.8, 4) is 0 Å². The first kappa shape index (κ1) is 18.7. The fourth-order valence-electron chi connectivity index (χ4n) is 1.87. The summed E-state index contributed by atoms with van der Waals surface area (Å²) in [6.07, 6.45) is 4.10.